The Morgan fingerprint density at radius 2 is 1.95 bits per heavy atom. The molecule has 21 heavy (non-hydrogen) atoms. The van der Waals surface area contributed by atoms with Gasteiger partial charge in [-0.05, 0) is 36.8 Å². The molecule has 2 heterocycles. The zero-order valence-electron chi connectivity index (χ0n) is 11.9. The Morgan fingerprint density at radius 1 is 1.19 bits per heavy atom. The Balaban J connectivity index is 1.75. The molecule has 0 saturated carbocycles. The van der Waals surface area contributed by atoms with Gasteiger partial charge in [0.25, 0.3) is 0 Å². The van der Waals surface area contributed by atoms with Gasteiger partial charge in [0.2, 0.25) is 5.91 Å². The molecule has 2 atom stereocenters. The Hall–Kier alpha value is -1.88. The maximum absolute atomic E-state index is 12.7. The monoisotopic (exact) mass is 288 g/mol. The van der Waals surface area contributed by atoms with E-state index in [0.717, 1.165) is 12.8 Å². The van der Waals surface area contributed by atoms with E-state index in [-0.39, 0.29) is 11.9 Å². The lowest BCUT2D eigenvalue weighted by Gasteiger charge is -2.37. The SMILES string of the molecule is O=C(O)[C@@H]1CCCCN1C(=O)C1Cc2ccccc2CN1. The van der Waals surface area contributed by atoms with Gasteiger partial charge >= 0.3 is 5.97 Å². The molecular formula is C16H20N2O3. The fourth-order valence-electron chi connectivity index (χ4n) is 3.28. The van der Waals surface area contributed by atoms with E-state index in [4.69, 9.17) is 0 Å². The van der Waals surface area contributed by atoms with Gasteiger partial charge in [-0.15, -0.1) is 0 Å². The lowest BCUT2D eigenvalue weighted by atomic mass is 9.93. The molecule has 1 unspecified atom stereocenters. The molecule has 0 spiro atoms. The second-order valence-electron chi connectivity index (χ2n) is 5.79. The van der Waals surface area contributed by atoms with Crippen molar-refractivity contribution in [3.63, 3.8) is 0 Å². The molecule has 2 aliphatic heterocycles. The standard InChI is InChI=1S/C16H20N2O3/c19-15(18-8-4-3-7-14(18)16(20)21)13-9-11-5-1-2-6-12(11)10-17-13/h1-2,5-6,13-14,17H,3-4,7-10H2,(H,20,21)/t13?,14-/m0/s1. The van der Waals surface area contributed by atoms with Crippen LogP contribution in [0.1, 0.15) is 30.4 Å². The average Bonchev–Trinajstić information content (AvgIpc) is 2.53. The number of carbonyl (C=O) groups is 2. The molecule has 5 nitrogen and oxygen atoms in total. The van der Waals surface area contributed by atoms with Crippen LogP contribution in [0.2, 0.25) is 0 Å². The maximum atomic E-state index is 12.7. The predicted octanol–water partition coefficient (Wildman–Crippen LogP) is 1.17. The Morgan fingerprint density at radius 3 is 2.71 bits per heavy atom. The van der Waals surface area contributed by atoms with Gasteiger partial charge in [-0.2, -0.15) is 0 Å². The van der Waals surface area contributed by atoms with E-state index in [2.05, 4.69) is 11.4 Å². The third-order valence-corrected chi connectivity index (χ3v) is 4.45. The van der Waals surface area contributed by atoms with E-state index in [9.17, 15) is 14.7 Å². The number of amides is 1. The number of benzene rings is 1. The second-order valence-corrected chi connectivity index (χ2v) is 5.79. The van der Waals surface area contributed by atoms with Crippen molar-refractivity contribution in [1.82, 2.24) is 10.2 Å². The highest BCUT2D eigenvalue weighted by Gasteiger charge is 2.36. The summed E-state index contributed by atoms with van der Waals surface area (Å²) >= 11 is 0. The average molecular weight is 288 g/mol. The van der Waals surface area contributed by atoms with Crippen LogP contribution in [-0.2, 0) is 22.6 Å². The molecule has 5 heteroatoms. The summed E-state index contributed by atoms with van der Waals surface area (Å²) in [5.74, 6) is -0.962. The van der Waals surface area contributed by atoms with Gasteiger partial charge in [0, 0.05) is 13.1 Å². The molecular weight excluding hydrogens is 268 g/mol. The number of nitrogens with zero attached hydrogens (tertiary/aromatic N) is 1. The number of fused-ring (bicyclic) bond motifs is 1. The summed E-state index contributed by atoms with van der Waals surface area (Å²) in [4.78, 5) is 25.6. The second kappa shape index (κ2) is 5.85. The van der Waals surface area contributed by atoms with Gasteiger partial charge in [0.1, 0.15) is 6.04 Å². The highest BCUT2D eigenvalue weighted by Crippen LogP contribution is 2.22. The van der Waals surface area contributed by atoms with Crippen LogP contribution in [0.3, 0.4) is 0 Å². The fraction of sp³-hybridized carbons (Fsp3) is 0.500. The molecule has 1 amide bonds. The summed E-state index contributed by atoms with van der Waals surface area (Å²) in [6, 6.07) is 7.11. The third kappa shape index (κ3) is 2.78. The van der Waals surface area contributed by atoms with Crippen LogP contribution in [0.5, 0.6) is 0 Å². The van der Waals surface area contributed by atoms with E-state index >= 15 is 0 Å². The number of hydrogen-bond acceptors (Lipinski definition) is 3. The van der Waals surface area contributed by atoms with Crippen molar-refractivity contribution in [2.75, 3.05) is 6.54 Å². The number of carbonyl (C=O) groups excluding carboxylic acids is 1. The van der Waals surface area contributed by atoms with Crippen LogP contribution >= 0.6 is 0 Å². The first-order chi connectivity index (χ1) is 10.2. The Kier molecular flexibility index (Phi) is 3.92. The minimum Gasteiger partial charge on any atom is -0.480 e. The van der Waals surface area contributed by atoms with Crippen molar-refractivity contribution in [3.05, 3.63) is 35.4 Å². The van der Waals surface area contributed by atoms with Crippen LogP contribution < -0.4 is 5.32 Å². The zero-order chi connectivity index (χ0) is 14.8. The van der Waals surface area contributed by atoms with E-state index in [1.807, 2.05) is 18.2 Å². The molecule has 112 valence electrons. The summed E-state index contributed by atoms with van der Waals surface area (Å²) in [5, 5.41) is 12.5. The summed E-state index contributed by atoms with van der Waals surface area (Å²) in [6.07, 6.45) is 2.96. The summed E-state index contributed by atoms with van der Waals surface area (Å²) in [5.41, 5.74) is 2.40. The van der Waals surface area contributed by atoms with Crippen molar-refractivity contribution in [1.29, 1.82) is 0 Å². The minimum atomic E-state index is -0.890. The van der Waals surface area contributed by atoms with Crippen LogP contribution in [0.15, 0.2) is 24.3 Å². The molecule has 1 fully saturated rings. The largest absolute Gasteiger partial charge is 0.480 e. The molecule has 2 aliphatic rings. The fourth-order valence-corrected chi connectivity index (χ4v) is 3.28. The number of rotatable bonds is 2. The summed E-state index contributed by atoms with van der Waals surface area (Å²) in [7, 11) is 0. The summed E-state index contributed by atoms with van der Waals surface area (Å²) in [6.45, 7) is 1.22. The van der Waals surface area contributed by atoms with Gasteiger partial charge in [-0.25, -0.2) is 4.79 Å². The first-order valence-electron chi connectivity index (χ1n) is 7.50. The molecule has 1 aromatic carbocycles. The van der Waals surface area contributed by atoms with Gasteiger partial charge < -0.3 is 15.3 Å². The van der Waals surface area contributed by atoms with Gasteiger partial charge in [-0.1, -0.05) is 24.3 Å². The number of nitrogens with one attached hydrogen (secondary N) is 1. The number of aliphatic carboxylic acids is 1. The van der Waals surface area contributed by atoms with Crippen LogP contribution in [-0.4, -0.2) is 40.5 Å². The van der Waals surface area contributed by atoms with E-state index < -0.39 is 12.0 Å². The first kappa shape index (κ1) is 14.1. The first-order valence-corrected chi connectivity index (χ1v) is 7.50. The molecule has 0 radical (unpaired) electrons. The number of likely N-dealkylation sites (tertiary alicyclic amines) is 1. The van der Waals surface area contributed by atoms with Crippen molar-refractivity contribution in [3.8, 4) is 0 Å². The molecule has 3 rings (SSSR count). The van der Waals surface area contributed by atoms with E-state index in [1.54, 1.807) is 4.90 Å². The topological polar surface area (TPSA) is 69.6 Å². The van der Waals surface area contributed by atoms with E-state index in [1.165, 1.54) is 11.1 Å². The quantitative estimate of drug-likeness (QED) is 0.857. The Labute approximate surface area is 123 Å². The van der Waals surface area contributed by atoms with Crippen LogP contribution in [0, 0.1) is 0 Å². The summed E-state index contributed by atoms with van der Waals surface area (Å²) < 4.78 is 0. The van der Waals surface area contributed by atoms with Crippen LogP contribution in [0.4, 0.5) is 0 Å². The normalized spacial score (nSPS) is 25.2. The van der Waals surface area contributed by atoms with Crippen molar-refractivity contribution >= 4 is 11.9 Å². The number of carboxylic acid groups (broad SMARTS) is 1. The lowest BCUT2D eigenvalue weighted by molar-refractivity contribution is -0.153. The van der Waals surface area contributed by atoms with Gasteiger partial charge in [0.05, 0.1) is 6.04 Å². The highest BCUT2D eigenvalue weighted by molar-refractivity contribution is 5.87. The van der Waals surface area contributed by atoms with Crippen molar-refractivity contribution in [2.45, 2.75) is 44.3 Å². The third-order valence-electron chi connectivity index (χ3n) is 4.45. The predicted molar refractivity (Wildman–Crippen MR) is 77.8 cm³/mol. The molecule has 0 aromatic heterocycles. The van der Waals surface area contributed by atoms with Crippen LogP contribution in [0.25, 0.3) is 0 Å². The minimum absolute atomic E-state index is 0.0726. The van der Waals surface area contributed by atoms with E-state index in [0.29, 0.717) is 25.9 Å². The number of piperidine rings is 1. The van der Waals surface area contributed by atoms with Crippen molar-refractivity contribution < 1.29 is 14.7 Å². The van der Waals surface area contributed by atoms with Crippen molar-refractivity contribution in [2.24, 2.45) is 0 Å². The number of hydrogen-bond donors (Lipinski definition) is 2. The number of carboxylic acids is 1. The molecule has 0 bridgehead atoms. The Bertz CT molecular complexity index is 558. The zero-order valence-corrected chi connectivity index (χ0v) is 11.9. The highest BCUT2D eigenvalue weighted by atomic mass is 16.4. The smallest absolute Gasteiger partial charge is 0.326 e. The van der Waals surface area contributed by atoms with Gasteiger partial charge in [-0.3, -0.25) is 4.79 Å². The molecule has 2 N–H and O–H groups in total. The maximum Gasteiger partial charge on any atom is 0.326 e. The van der Waals surface area contributed by atoms with Gasteiger partial charge in [0.15, 0.2) is 0 Å². The molecule has 0 aliphatic carbocycles. The lowest BCUT2D eigenvalue weighted by Crippen LogP contribution is -2.56. The molecule has 1 aromatic rings. The molecule has 1 saturated heterocycles.